The first-order valence-electron chi connectivity index (χ1n) is 5.03. The topological polar surface area (TPSA) is 59.1 Å². The van der Waals surface area contributed by atoms with E-state index in [0.29, 0.717) is 11.8 Å². The van der Waals surface area contributed by atoms with Crippen LogP contribution in [-0.4, -0.2) is 12.3 Å². The van der Waals surface area contributed by atoms with Gasteiger partial charge in [-0.1, -0.05) is 12.1 Å². The van der Waals surface area contributed by atoms with Crippen molar-refractivity contribution in [1.29, 1.82) is 5.41 Å². The highest BCUT2D eigenvalue weighted by atomic mass is 16.5. The number of hydrogen-bond acceptors (Lipinski definition) is 3. The highest BCUT2D eigenvalue weighted by molar-refractivity contribution is 5.83. The van der Waals surface area contributed by atoms with E-state index < -0.39 is 0 Å². The lowest BCUT2D eigenvalue weighted by atomic mass is 10.1. The second kappa shape index (κ2) is 4.17. The molecule has 0 spiro atoms. The molecule has 0 unspecified atom stereocenters. The highest BCUT2D eigenvalue weighted by Crippen LogP contribution is 2.30. The lowest BCUT2D eigenvalue weighted by Crippen LogP contribution is -2.03. The molecule has 78 valence electrons. The predicted molar refractivity (Wildman–Crippen MR) is 61.0 cm³/mol. The molecule has 0 aliphatic heterocycles. The zero-order chi connectivity index (χ0) is 10.7. The van der Waals surface area contributed by atoms with Gasteiger partial charge in [-0.3, -0.25) is 0 Å². The Morgan fingerprint density at radius 3 is 2.80 bits per heavy atom. The lowest BCUT2D eigenvalue weighted by molar-refractivity contribution is 0.302. The van der Waals surface area contributed by atoms with Crippen LogP contribution in [0.15, 0.2) is 30.3 Å². The van der Waals surface area contributed by atoms with Gasteiger partial charge in [0.25, 0.3) is 0 Å². The Kier molecular flexibility index (Phi) is 2.72. The van der Waals surface area contributed by atoms with E-state index in [-0.39, 0.29) is 0 Å². The number of nitrogens with one attached hydrogen (secondary N) is 1. The molecule has 1 aliphatic carbocycles. The largest absolute Gasteiger partial charge is 0.490 e. The Morgan fingerprint density at radius 1 is 1.40 bits per heavy atom. The fourth-order valence-electron chi connectivity index (χ4n) is 1.35. The molecule has 3 heteroatoms. The minimum absolute atomic E-state index is 0.360. The van der Waals surface area contributed by atoms with Crippen LogP contribution in [0.25, 0.3) is 5.70 Å². The number of nitrogens with two attached hydrogens (primary N) is 1. The summed E-state index contributed by atoms with van der Waals surface area (Å²) in [5, 5.41) is 6.98. The van der Waals surface area contributed by atoms with E-state index in [1.54, 1.807) is 6.08 Å². The van der Waals surface area contributed by atoms with Gasteiger partial charge in [-0.05, 0) is 31.1 Å². The summed E-state index contributed by atoms with van der Waals surface area (Å²) in [5.74, 6) is 0.815. The van der Waals surface area contributed by atoms with Crippen LogP contribution >= 0.6 is 0 Å². The van der Waals surface area contributed by atoms with E-state index in [0.717, 1.165) is 24.2 Å². The Balaban J connectivity index is 2.27. The monoisotopic (exact) mass is 202 g/mol. The maximum atomic E-state index is 6.98. The third-order valence-corrected chi connectivity index (χ3v) is 2.28. The molecular weight excluding hydrogens is 188 g/mol. The molecule has 0 bridgehead atoms. The van der Waals surface area contributed by atoms with Crippen molar-refractivity contribution in [1.82, 2.24) is 0 Å². The van der Waals surface area contributed by atoms with Gasteiger partial charge < -0.3 is 15.9 Å². The zero-order valence-electron chi connectivity index (χ0n) is 8.44. The molecule has 0 amide bonds. The minimum atomic E-state index is 0.360. The third kappa shape index (κ3) is 2.37. The molecule has 0 saturated heterocycles. The van der Waals surface area contributed by atoms with E-state index >= 15 is 0 Å². The van der Waals surface area contributed by atoms with Crippen LogP contribution in [-0.2, 0) is 0 Å². The molecule has 1 aliphatic rings. The van der Waals surface area contributed by atoms with Crippen molar-refractivity contribution in [2.24, 2.45) is 5.73 Å². The van der Waals surface area contributed by atoms with E-state index in [1.807, 2.05) is 24.3 Å². The van der Waals surface area contributed by atoms with Gasteiger partial charge in [-0.15, -0.1) is 0 Å². The standard InChI is InChI=1S/C12H14N2O/c13-8-7-11(14)10-3-1-2-4-12(10)15-9-5-6-9/h1-4,7-9,13H,5-6,14H2/b11-7-,13-8?. The van der Waals surface area contributed by atoms with Crippen LogP contribution in [0.1, 0.15) is 18.4 Å². The smallest absolute Gasteiger partial charge is 0.129 e. The van der Waals surface area contributed by atoms with Crippen molar-refractivity contribution in [2.75, 3.05) is 0 Å². The van der Waals surface area contributed by atoms with Gasteiger partial charge in [0.2, 0.25) is 0 Å². The fraction of sp³-hybridized carbons (Fsp3) is 0.250. The molecule has 1 saturated carbocycles. The Labute approximate surface area is 89.1 Å². The lowest BCUT2D eigenvalue weighted by Gasteiger charge is -2.10. The molecule has 3 nitrogen and oxygen atoms in total. The normalized spacial score (nSPS) is 16.1. The average Bonchev–Trinajstić information content (AvgIpc) is 3.03. The molecule has 0 aromatic heterocycles. The summed E-state index contributed by atoms with van der Waals surface area (Å²) >= 11 is 0. The Hall–Kier alpha value is -1.77. The van der Waals surface area contributed by atoms with Crippen molar-refractivity contribution >= 4 is 11.9 Å². The van der Waals surface area contributed by atoms with E-state index in [1.165, 1.54) is 6.21 Å². The maximum absolute atomic E-state index is 6.98. The van der Waals surface area contributed by atoms with Crippen molar-refractivity contribution in [3.8, 4) is 5.75 Å². The number of allylic oxidation sites excluding steroid dienone is 1. The van der Waals surface area contributed by atoms with Gasteiger partial charge in [-0.2, -0.15) is 0 Å². The van der Waals surface area contributed by atoms with Gasteiger partial charge in [0.15, 0.2) is 0 Å². The second-order valence-electron chi connectivity index (χ2n) is 3.60. The summed E-state index contributed by atoms with van der Waals surface area (Å²) < 4.78 is 5.73. The quantitative estimate of drug-likeness (QED) is 0.735. The van der Waals surface area contributed by atoms with Crippen molar-refractivity contribution < 1.29 is 4.74 Å². The molecule has 0 atom stereocenters. The number of para-hydroxylation sites is 1. The Bertz CT molecular complexity index is 394. The molecule has 1 aromatic carbocycles. The first-order valence-corrected chi connectivity index (χ1v) is 5.03. The molecular formula is C12H14N2O. The second-order valence-corrected chi connectivity index (χ2v) is 3.60. The predicted octanol–water partition coefficient (Wildman–Crippen LogP) is 2.18. The molecule has 1 fully saturated rings. The summed E-state index contributed by atoms with van der Waals surface area (Å²) in [6.07, 6.45) is 5.36. The third-order valence-electron chi connectivity index (χ3n) is 2.28. The van der Waals surface area contributed by atoms with E-state index in [4.69, 9.17) is 15.9 Å². The van der Waals surface area contributed by atoms with Gasteiger partial charge in [0.1, 0.15) is 5.75 Å². The van der Waals surface area contributed by atoms with Crippen LogP contribution in [0.3, 0.4) is 0 Å². The van der Waals surface area contributed by atoms with E-state index in [2.05, 4.69) is 0 Å². The summed E-state index contributed by atoms with van der Waals surface area (Å²) in [6.45, 7) is 0. The summed E-state index contributed by atoms with van der Waals surface area (Å²) in [5.41, 5.74) is 7.27. The minimum Gasteiger partial charge on any atom is -0.490 e. The maximum Gasteiger partial charge on any atom is 0.129 e. The Morgan fingerprint density at radius 2 is 2.13 bits per heavy atom. The molecule has 0 heterocycles. The van der Waals surface area contributed by atoms with Crippen LogP contribution < -0.4 is 10.5 Å². The van der Waals surface area contributed by atoms with Crippen molar-refractivity contribution in [3.63, 3.8) is 0 Å². The number of hydrogen-bond donors (Lipinski definition) is 2. The van der Waals surface area contributed by atoms with Crippen LogP contribution in [0.4, 0.5) is 0 Å². The van der Waals surface area contributed by atoms with Crippen molar-refractivity contribution in [2.45, 2.75) is 18.9 Å². The first kappa shape index (κ1) is 9.77. The number of rotatable bonds is 4. The van der Waals surface area contributed by atoms with Crippen LogP contribution in [0, 0.1) is 5.41 Å². The molecule has 0 radical (unpaired) electrons. The highest BCUT2D eigenvalue weighted by Gasteiger charge is 2.24. The zero-order valence-corrected chi connectivity index (χ0v) is 8.44. The van der Waals surface area contributed by atoms with Crippen molar-refractivity contribution in [3.05, 3.63) is 35.9 Å². The molecule has 1 aromatic rings. The molecule has 15 heavy (non-hydrogen) atoms. The number of benzene rings is 1. The SMILES string of the molecule is N=C/C=C(\N)c1ccccc1OC1CC1. The van der Waals surface area contributed by atoms with Crippen LogP contribution in [0.2, 0.25) is 0 Å². The number of ether oxygens (including phenoxy) is 1. The molecule has 3 N–H and O–H groups in total. The summed E-state index contributed by atoms with van der Waals surface area (Å²) in [4.78, 5) is 0. The molecule has 2 rings (SSSR count). The van der Waals surface area contributed by atoms with Gasteiger partial charge >= 0.3 is 0 Å². The average molecular weight is 202 g/mol. The fourth-order valence-corrected chi connectivity index (χ4v) is 1.35. The van der Waals surface area contributed by atoms with Crippen LogP contribution in [0.5, 0.6) is 5.75 Å². The van der Waals surface area contributed by atoms with Gasteiger partial charge in [0.05, 0.1) is 6.10 Å². The first-order chi connectivity index (χ1) is 7.31. The summed E-state index contributed by atoms with van der Waals surface area (Å²) in [7, 11) is 0. The van der Waals surface area contributed by atoms with Gasteiger partial charge in [-0.25, -0.2) is 0 Å². The van der Waals surface area contributed by atoms with Gasteiger partial charge in [0, 0.05) is 17.5 Å². The summed E-state index contributed by atoms with van der Waals surface area (Å²) in [6, 6.07) is 7.67. The van der Waals surface area contributed by atoms with E-state index in [9.17, 15) is 0 Å².